The van der Waals surface area contributed by atoms with E-state index in [2.05, 4.69) is 10.2 Å². The van der Waals surface area contributed by atoms with Crippen LogP contribution in [0.2, 0.25) is 5.02 Å². The number of para-hydroxylation sites is 2. The van der Waals surface area contributed by atoms with E-state index in [1.165, 1.54) is 4.90 Å². The normalized spacial score (nSPS) is 17.8. The first-order valence-corrected chi connectivity index (χ1v) is 10.8. The van der Waals surface area contributed by atoms with Crippen molar-refractivity contribution in [1.82, 2.24) is 10.2 Å². The van der Waals surface area contributed by atoms with Crippen LogP contribution in [0.25, 0.3) is 0 Å². The molecule has 0 saturated carbocycles. The Morgan fingerprint density at radius 1 is 1.10 bits per heavy atom. The molecular formula is C23H26ClN3O3. The van der Waals surface area contributed by atoms with E-state index in [1.54, 1.807) is 0 Å². The first-order chi connectivity index (χ1) is 14.6. The van der Waals surface area contributed by atoms with Crippen molar-refractivity contribution in [3.63, 3.8) is 0 Å². The van der Waals surface area contributed by atoms with Crippen LogP contribution in [-0.2, 0) is 9.59 Å². The maximum absolute atomic E-state index is 12.8. The van der Waals surface area contributed by atoms with Crippen molar-refractivity contribution in [2.24, 2.45) is 0 Å². The van der Waals surface area contributed by atoms with Gasteiger partial charge in [-0.2, -0.15) is 0 Å². The molecule has 0 spiro atoms. The lowest BCUT2D eigenvalue weighted by Gasteiger charge is -2.29. The van der Waals surface area contributed by atoms with Crippen LogP contribution in [0, 0.1) is 0 Å². The van der Waals surface area contributed by atoms with Gasteiger partial charge in [-0.05, 0) is 49.7 Å². The minimum atomic E-state index is -0.198. The van der Waals surface area contributed by atoms with Gasteiger partial charge >= 0.3 is 0 Å². The third-order valence-corrected chi connectivity index (χ3v) is 6.01. The largest absolute Gasteiger partial charge is 0.491 e. The van der Waals surface area contributed by atoms with Gasteiger partial charge in [0.2, 0.25) is 11.8 Å². The Kier molecular flexibility index (Phi) is 6.55. The maximum Gasteiger partial charge on any atom is 0.240 e. The van der Waals surface area contributed by atoms with Gasteiger partial charge in [-0.1, -0.05) is 41.9 Å². The second-order valence-electron chi connectivity index (χ2n) is 7.63. The summed E-state index contributed by atoms with van der Waals surface area (Å²) in [5, 5.41) is 3.74. The lowest BCUT2D eigenvalue weighted by atomic mass is 10.1. The molecule has 2 amide bonds. The predicted octanol–water partition coefficient (Wildman–Crippen LogP) is 3.41. The summed E-state index contributed by atoms with van der Waals surface area (Å²) >= 11 is 6.46. The Morgan fingerprint density at radius 2 is 1.83 bits per heavy atom. The Hall–Kier alpha value is -2.57. The SMILES string of the molecule is O=C(CN1C(=O)CCOc2ccccc21)NCC(c1ccccc1Cl)N1CCCC1. The number of nitrogens with one attached hydrogen (secondary N) is 1. The number of fused-ring (bicyclic) bond motifs is 1. The summed E-state index contributed by atoms with van der Waals surface area (Å²) in [7, 11) is 0. The van der Waals surface area contributed by atoms with Gasteiger partial charge in [-0.3, -0.25) is 19.4 Å². The van der Waals surface area contributed by atoms with Crippen LogP contribution in [0.3, 0.4) is 0 Å². The summed E-state index contributed by atoms with van der Waals surface area (Å²) in [6.07, 6.45) is 2.54. The number of likely N-dealkylation sites (tertiary alicyclic amines) is 1. The van der Waals surface area contributed by atoms with Crippen molar-refractivity contribution in [3.8, 4) is 5.75 Å². The van der Waals surface area contributed by atoms with Crippen LogP contribution in [0.1, 0.15) is 30.9 Å². The summed E-state index contributed by atoms with van der Waals surface area (Å²) in [5.74, 6) is 0.316. The Morgan fingerprint density at radius 3 is 2.63 bits per heavy atom. The van der Waals surface area contributed by atoms with Crippen molar-refractivity contribution in [3.05, 3.63) is 59.1 Å². The van der Waals surface area contributed by atoms with Crippen LogP contribution < -0.4 is 15.0 Å². The molecule has 2 aliphatic rings. The molecule has 0 bridgehead atoms. The lowest BCUT2D eigenvalue weighted by Crippen LogP contribution is -2.43. The number of hydrogen-bond acceptors (Lipinski definition) is 4. The van der Waals surface area contributed by atoms with E-state index < -0.39 is 0 Å². The quantitative estimate of drug-likeness (QED) is 0.767. The van der Waals surface area contributed by atoms with Gasteiger partial charge < -0.3 is 10.1 Å². The van der Waals surface area contributed by atoms with E-state index in [0.29, 0.717) is 29.6 Å². The number of carbonyl (C=O) groups is 2. The molecule has 2 heterocycles. The monoisotopic (exact) mass is 427 g/mol. The summed E-state index contributed by atoms with van der Waals surface area (Å²) in [6, 6.07) is 15.1. The van der Waals surface area contributed by atoms with E-state index >= 15 is 0 Å². The lowest BCUT2D eigenvalue weighted by molar-refractivity contribution is -0.124. The topological polar surface area (TPSA) is 61.9 Å². The van der Waals surface area contributed by atoms with Gasteiger partial charge in [-0.25, -0.2) is 0 Å². The first-order valence-electron chi connectivity index (χ1n) is 10.4. The molecule has 1 atom stereocenters. The Bertz CT molecular complexity index is 914. The van der Waals surface area contributed by atoms with E-state index in [1.807, 2.05) is 48.5 Å². The first kappa shape index (κ1) is 20.7. The van der Waals surface area contributed by atoms with E-state index in [0.717, 1.165) is 31.5 Å². The van der Waals surface area contributed by atoms with Crippen molar-refractivity contribution in [2.75, 3.05) is 37.7 Å². The molecule has 158 valence electrons. The number of benzene rings is 2. The van der Waals surface area contributed by atoms with Gasteiger partial charge in [-0.15, -0.1) is 0 Å². The van der Waals surface area contributed by atoms with E-state index in [4.69, 9.17) is 16.3 Å². The van der Waals surface area contributed by atoms with Gasteiger partial charge in [0, 0.05) is 11.6 Å². The molecule has 1 N–H and O–H groups in total. The highest BCUT2D eigenvalue weighted by molar-refractivity contribution is 6.31. The number of nitrogens with zero attached hydrogens (tertiary/aromatic N) is 2. The van der Waals surface area contributed by atoms with Gasteiger partial charge in [0.25, 0.3) is 0 Å². The summed E-state index contributed by atoms with van der Waals surface area (Å²) < 4.78 is 5.65. The zero-order valence-corrected chi connectivity index (χ0v) is 17.6. The van der Waals surface area contributed by atoms with E-state index in [9.17, 15) is 9.59 Å². The van der Waals surface area contributed by atoms with Crippen molar-refractivity contribution < 1.29 is 14.3 Å². The van der Waals surface area contributed by atoms with Crippen LogP contribution in [0.5, 0.6) is 5.75 Å². The van der Waals surface area contributed by atoms with Crippen molar-refractivity contribution in [2.45, 2.75) is 25.3 Å². The molecule has 1 unspecified atom stereocenters. The summed E-state index contributed by atoms with van der Waals surface area (Å²) in [5.41, 5.74) is 1.66. The Balaban J connectivity index is 1.46. The molecule has 4 rings (SSSR count). The fraction of sp³-hybridized carbons (Fsp3) is 0.391. The maximum atomic E-state index is 12.8. The highest BCUT2D eigenvalue weighted by Crippen LogP contribution is 2.31. The molecule has 0 radical (unpaired) electrons. The fourth-order valence-corrected chi connectivity index (χ4v) is 4.40. The van der Waals surface area contributed by atoms with Crippen LogP contribution in [-0.4, -0.2) is 49.5 Å². The standard InChI is InChI=1S/C23H26ClN3O3/c24-18-8-2-1-7-17(18)20(26-12-5-6-13-26)15-25-22(28)16-27-19-9-3-4-10-21(19)30-14-11-23(27)29/h1-4,7-10,20H,5-6,11-16H2,(H,25,28). The summed E-state index contributed by atoms with van der Waals surface area (Å²) in [6.45, 7) is 2.71. The van der Waals surface area contributed by atoms with Crippen LogP contribution in [0.15, 0.2) is 48.5 Å². The molecule has 2 aliphatic heterocycles. The Labute approximate surface area is 181 Å². The number of carbonyl (C=O) groups excluding carboxylic acids is 2. The van der Waals surface area contributed by atoms with Crippen LogP contribution >= 0.6 is 11.6 Å². The van der Waals surface area contributed by atoms with Crippen molar-refractivity contribution >= 4 is 29.1 Å². The zero-order chi connectivity index (χ0) is 20.9. The highest BCUT2D eigenvalue weighted by Gasteiger charge is 2.28. The molecular weight excluding hydrogens is 402 g/mol. The summed E-state index contributed by atoms with van der Waals surface area (Å²) in [4.78, 5) is 29.3. The minimum Gasteiger partial charge on any atom is -0.491 e. The van der Waals surface area contributed by atoms with Gasteiger partial charge in [0.05, 0.1) is 24.8 Å². The zero-order valence-electron chi connectivity index (χ0n) is 16.9. The number of hydrogen-bond donors (Lipinski definition) is 1. The molecule has 30 heavy (non-hydrogen) atoms. The fourth-order valence-electron chi connectivity index (χ4n) is 4.14. The van der Waals surface area contributed by atoms with Crippen molar-refractivity contribution in [1.29, 1.82) is 0 Å². The molecule has 0 aliphatic carbocycles. The molecule has 1 saturated heterocycles. The smallest absolute Gasteiger partial charge is 0.240 e. The second-order valence-corrected chi connectivity index (χ2v) is 8.04. The molecule has 7 heteroatoms. The second kappa shape index (κ2) is 9.49. The molecule has 1 fully saturated rings. The average molecular weight is 428 g/mol. The average Bonchev–Trinajstić information content (AvgIpc) is 3.23. The predicted molar refractivity (Wildman–Crippen MR) is 117 cm³/mol. The molecule has 2 aromatic carbocycles. The molecule has 2 aromatic rings. The van der Waals surface area contributed by atoms with Gasteiger partial charge in [0.1, 0.15) is 12.3 Å². The number of halogens is 1. The number of anilines is 1. The number of rotatable bonds is 6. The number of ether oxygens (including phenoxy) is 1. The molecule has 0 aromatic heterocycles. The number of amides is 2. The molecule has 6 nitrogen and oxygen atoms in total. The third kappa shape index (κ3) is 4.60. The minimum absolute atomic E-state index is 0.0144. The van der Waals surface area contributed by atoms with Gasteiger partial charge in [0.15, 0.2) is 0 Å². The van der Waals surface area contributed by atoms with E-state index in [-0.39, 0.29) is 30.8 Å². The highest BCUT2D eigenvalue weighted by atomic mass is 35.5. The third-order valence-electron chi connectivity index (χ3n) is 5.67. The van der Waals surface area contributed by atoms with Crippen LogP contribution in [0.4, 0.5) is 5.69 Å².